The average Bonchev–Trinajstić information content (AvgIpc) is 2.61. The molecule has 120 valence electrons. The molecule has 0 saturated heterocycles. The Morgan fingerprint density at radius 3 is 2.70 bits per heavy atom. The van der Waals surface area contributed by atoms with Crippen molar-refractivity contribution in [2.75, 3.05) is 13.2 Å². The maximum atomic E-state index is 12.4. The van der Waals surface area contributed by atoms with E-state index >= 15 is 0 Å². The van der Waals surface area contributed by atoms with E-state index in [4.69, 9.17) is 4.74 Å². The van der Waals surface area contributed by atoms with Gasteiger partial charge in [-0.15, -0.1) is 0 Å². The summed E-state index contributed by atoms with van der Waals surface area (Å²) >= 11 is 0. The zero-order chi connectivity index (χ0) is 16.1. The molecule has 0 aromatic heterocycles. The number of aliphatic hydroxyl groups excluding tert-OH is 1. The first-order valence-corrected chi connectivity index (χ1v) is 7.92. The van der Waals surface area contributed by atoms with Crippen LogP contribution in [-0.2, 0) is 16.0 Å². The molecule has 3 rings (SSSR count). The molecule has 1 amide bonds. The summed E-state index contributed by atoms with van der Waals surface area (Å²) in [5, 5.41) is 12.4. The number of carbonyl (C=O) groups is 1. The number of benzene rings is 2. The molecule has 2 atom stereocenters. The van der Waals surface area contributed by atoms with Crippen LogP contribution in [0.2, 0.25) is 0 Å². The molecule has 0 fully saturated rings. The van der Waals surface area contributed by atoms with Crippen molar-refractivity contribution in [3.63, 3.8) is 0 Å². The van der Waals surface area contributed by atoms with Crippen LogP contribution in [-0.4, -0.2) is 24.2 Å². The van der Waals surface area contributed by atoms with Crippen LogP contribution in [0.15, 0.2) is 54.6 Å². The van der Waals surface area contributed by atoms with Crippen molar-refractivity contribution in [2.45, 2.75) is 25.0 Å². The van der Waals surface area contributed by atoms with Crippen molar-refractivity contribution >= 4 is 5.91 Å². The van der Waals surface area contributed by atoms with Crippen LogP contribution >= 0.6 is 0 Å². The summed E-state index contributed by atoms with van der Waals surface area (Å²) < 4.78 is 5.77. The monoisotopic (exact) mass is 311 g/mol. The molecule has 4 nitrogen and oxygen atoms in total. The summed E-state index contributed by atoms with van der Waals surface area (Å²) in [6, 6.07) is 17.2. The molecule has 2 N–H and O–H groups in total. The molecule has 2 unspecified atom stereocenters. The smallest absolute Gasteiger partial charge is 0.223 e. The molecule has 0 radical (unpaired) electrons. The van der Waals surface area contributed by atoms with E-state index in [1.54, 1.807) is 0 Å². The molecule has 0 aliphatic carbocycles. The Kier molecular flexibility index (Phi) is 5.05. The number of carbonyl (C=O) groups excluding carboxylic acids is 1. The molecule has 4 heteroatoms. The highest BCUT2D eigenvalue weighted by molar-refractivity contribution is 5.77. The second-order valence-corrected chi connectivity index (χ2v) is 5.73. The van der Waals surface area contributed by atoms with E-state index in [2.05, 4.69) is 11.4 Å². The predicted molar refractivity (Wildman–Crippen MR) is 87.9 cm³/mol. The Labute approximate surface area is 136 Å². The number of nitrogens with one attached hydrogen (secondary N) is 1. The highest BCUT2D eigenvalue weighted by Crippen LogP contribution is 2.29. The quantitative estimate of drug-likeness (QED) is 0.892. The lowest BCUT2D eigenvalue weighted by Gasteiger charge is -2.26. The van der Waals surface area contributed by atoms with Crippen LogP contribution in [0.25, 0.3) is 0 Å². The van der Waals surface area contributed by atoms with Crippen molar-refractivity contribution in [3.05, 3.63) is 71.3 Å². The summed E-state index contributed by atoms with van der Waals surface area (Å²) in [4.78, 5) is 12.4. The highest BCUT2D eigenvalue weighted by Gasteiger charge is 2.24. The first-order chi connectivity index (χ1) is 11.3. The van der Waals surface area contributed by atoms with Gasteiger partial charge in [-0.1, -0.05) is 54.6 Å². The Bertz CT molecular complexity index is 657. The SMILES string of the molecule is O=C(CC1OCCc2ccccc21)NC(CO)c1ccccc1. The van der Waals surface area contributed by atoms with E-state index in [1.807, 2.05) is 48.5 Å². The van der Waals surface area contributed by atoms with Gasteiger partial charge in [-0.05, 0) is 23.1 Å². The van der Waals surface area contributed by atoms with Crippen LogP contribution < -0.4 is 5.32 Å². The molecule has 0 spiro atoms. The fourth-order valence-electron chi connectivity index (χ4n) is 2.99. The van der Waals surface area contributed by atoms with E-state index in [-0.39, 0.29) is 31.1 Å². The summed E-state index contributed by atoms with van der Waals surface area (Å²) in [7, 11) is 0. The zero-order valence-corrected chi connectivity index (χ0v) is 12.9. The number of fused-ring (bicyclic) bond motifs is 1. The van der Waals surface area contributed by atoms with Crippen LogP contribution in [0.1, 0.15) is 35.3 Å². The van der Waals surface area contributed by atoms with Crippen LogP contribution in [0, 0.1) is 0 Å². The van der Waals surface area contributed by atoms with Gasteiger partial charge in [0.15, 0.2) is 0 Å². The molecule has 2 aromatic rings. The van der Waals surface area contributed by atoms with Gasteiger partial charge < -0.3 is 15.2 Å². The van der Waals surface area contributed by atoms with Gasteiger partial charge in [0.05, 0.1) is 31.8 Å². The minimum Gasteiger partial charge on any atom is -0.394 e. The molecule has 23 heavy (non-hydrogen) atoms. The van der Waals surface area contributed by atoms with Gasteiger partial charge in [-0.2, -0.15) is 0 Å². The van der Waals surface area contributed by atoms with Gasteiger partial charge in [0.1, 0.15) is 0 Å². The third-order valence-electron chi connectivity index (χ3n) is 4.18. The van der Waals surface area contributed by atoms with E-state index < -0.39 is 0 Å². The van der Waals surface area contributed by atoms with Gasteiger partial charge in [0.2, 0.25) is 5.91 Å². The van der Waals surface area contributed by atoms with Crippen LogP contribution in [0.5, 0.6) is 0 Å². The van der Waals surface area contributed by atoms with Gasteiger partial charge in [0, 0.05) is 0 Å². The normalized spacial score (nSPS) is 18.0. The highest BCUT2D eigenvalue weighted by atomic mass is 16.5. The lowest BCUT2D eigenvalue weighted by atomic mass is 9.95. The Morgan fingerprint density at radius 2 is 1.91 bits per heavy atom. The van der Waals surface area contributed by atoms with Gasteiger partial charge in [-0.3, -0.25) is 4.79 Å². The number of amides is 1. The fourth-order valence-corrected chi connectivity index (χ4v) is 2.99. The largest absolute Gasteiger partial charge is 0.394 e. The molecular formula is C19H21NO3. The average molecular weight is 311 g/mol. The minimum absolute atomic E-state index is 0.116. The Balaban J connectivity index is 1.66. The molecule has 1 heterocycles. The zero-order valence-electron chi connectivity index (χ0n) is 12.9. The van der Waals surface area contributed by atoms with E-state index in [1.165, 1.54) is 5.56 Å². The molecule has 2 aromatic carbocycles. The molecule has 1 aliphatic heterocycles. The fraction of sp³-hybridized carbons (Fsp3) is 0.316. The number of ether oxygens (including phenoxy) is 1. The topological polar surface area (TPSA) is 58.6 Å². The molecular weight excluding hydrogens is 290 g/mol. The van der Waals surface area contributed by atoms with Crippen LogP contribution in [0.4, 0.5) is 0 Å². The Hall–Kier alpha value is -2.17. The summed E-state index contributed by atoms with van der Waals surface area (Å²) in [6.45, 7) is 0.509. The molecule has 0 saturated carbocycles. The summed E-state index contributed by atoms with van der Waals surface area (Å²) in [6.07, 6.45) is 0.938. The van der Waals surface area contributed by atoms with E-state index in [0.29, 0.717) is 6.61 Å². The van der Waals surface area contributed by atoms with Gasteiger partial charge >= 0.3 is 0 Å². The van der Waals surface area contributed by atoms with Crippen molar-refractivity contribution in [1.29, 1.82) is 0 Å². The molecule has 1 aliphatic rings. The van der Waals surface area contributed by atoms with Crippen LogP contribution in [0.3, 0.4) is 0 Å². The van der Waals surface area contributed by atoms with Gasteiger partial charge in [0.25, 0.3) is 0 Å². The number of aliphatic hydroxyl groups is 1. The second-order valence-electron chi connectivity index (χ2n) is 5.73. The number of hydrogen-bond donors (Lipinski definition) is 2. The number of rotatable bonds is 5. The second kappa shape index (κ2) is 7.40. The summed E-state index contributed by atoms with van der Waals surface area (Å²) in [5.41, 5.74) is 3.24. The standard InChI is InChI=1S/C19H21NO3/c21-13-17(15-7-2-1-3-8-15)20-19(22)12-18-16-9-5-4-6-14(16)10-11-23-18/h1-9,17-18,21H,10-13H2,(H,20,22). The summed E-state index contributed by atoms with van der Waals surface area (Å²) in [5.74, 6) is -0.116. The lowest BCUT2D eigenvalue weighted by Crippen LogP contribution is -2.32. The lowest BCUT2D eigenvalue weighted by molar-refractivity contribution is -0.125. The maximum absolute atomic E-state index is 12.4. The maximum Gasteiger partial charge on any atom is 0.223 e. The minimum atomic E-state index is -0.387. The first-order valence-electron chi connectivity index (χ1n) is 7.92. The van der Waals surface area contributed by atoms with Crippen molar-refractivity contribution in [2.24, 2.45) is 0 Å². The predicted octanol–water partition coefficient (Wildman–Crippen LogP) is 2.54. The third-order valence-corrected chi connectivity index (χ3v) is 4.18. The van der Waals surface area contributed by atoms with Gasteiger partial charge in [-0.25, -0.2) is 0 Å². The van der Waals surface area contributed by atoms with Crippen molar-refractivity contribution < 1.29 is 14.6 Å². The first kappa shape index (κ1) is 15.7. The third kappa shape index (κ3) is 3.78. The van der Waals surface area contributed by atoms with Crippen molar-refractivity contribution in [3.8, 4) is 0 Å². The van der Waals surface area contributed by atoms with E-state index in [9.17, 15) is 9.90 Å². The molecule has 0 bridgehead atoms. The Morgan fingerprint density at radius 1 is 1.17 bits per heavy atom. The number of hydrogen-bond acceptors (Lipinski definition) is 3. The van der Waals surface area contributed by atoms with E-state index in [0.717, 1.165) is 17.5 Å². The van der Waals surface area contributed by atoms with Crippen molar-refractivity contribution in [1.82, 2.24) is 5.32 Å².